The van der Waals surface area contributed by atoms with Crippen LogP contribution in [0.1, 0.15) is 29.8 Å². The monoisotopic (exact) mass is 605 g/mol. The molecule has 2 aliphatic heterocycles. The van der Waals surface area contributed by atoms with E-state index in [4.69, 9.17) is 4.74 Å². The number of hydrogen-bond acceptors (Lipinski definition) is 6. The quantitative estimate of drug-likeness (QED) is 0.401. The summed E-state index contributed by atoms with van der Waals surface area (Å²) in [5.41, 5.74) is -2.23. The standard InChI is InChI=1S/C30H32F5N5O3/c1-17-15-40(16-18(2)38(17)3)27-13-25(32)22(19-8-20(31)10-21(9-19)39-4-6-43-7-5-39)11-26(27)37-29(42)23-14-36-28(41)12-24(23)30(33,34)35/h8-14,17-18H,4-7,15-16H2,1-3H3,(H,36,41)(H,37,42). The lowest BCUT2D eigenvalue weighted by Crippen LogP contribution is -2.55. The fourth-order valence-corrected chi connectivity index (χ4v) is 5.56. The zero-order valence-corrected chi connectivity index (χ0v) is 23.9. The molecule has 1 amide bonds. The van der Waals surface area contributed by atoms with Crippen molar-refractivity contribution < 1.29 is 31.5 Å². The number of nitrogens with zero attached hydrogens (tertiary/aromatic N) is 3. The summed E-state index contributed by atoms with van der Waals surface area (Å²) in [6.45, 7) is 6.84. The topological polar surface area (TPSA) is 80.9 Å². The third kappa shape index (κ3) is 6.52. The molecular formula is C30H32F5N5O3. The van der Waals surface area contributed by atoms with Crippen LogP contribution in [0.4, 0.5) is 39.0 Å². The number of benzene rings is 2. The molecule has 2 atom stereocenters. The van der Waals surface area contributed by atoms with Gasteiger partial charge in [-0.2, -0.15) is 13.2 Å². The molecule has 0 aliphatic carbocycles. The van der Waals surface area contributed by atoms with Crippen molar-refractivity contribution in [2.75, 3.05) is 61.6 Å². The third-order valence-electron chi connectivity index (χ3n) is 8.08. The predicted octanol–water partition coefficient (Wildman–Crippen LogP) is 4.96. The largest absolute Gasteiger partial charge is 0.417 e. The van der Waals surface area contributed by atoms with Crippen LogP contribution in [0.5, 0.6) is 0 Å². The zero-order chi connectivity index (χ0) is 31.1. The molecule has 0 bridgehead atoms. The number of carbonyl (C=O) groups excluding carboxylic acids is 1. The Hall–Kier alpha value is -3.97. The number of rotatable bonds is 5. The Morgan fingerprint density at radius 2 is 1.65 bits per heavy atom. The fourth-order valence-electron chi connectivity index (χ4n) is 5.56. The number of piperazine rings is 1. The van der Waals surface area contributed by atoms with Gasteiger partial charge < -0.3 is 24.8 Å². The van der Waals surface area contributed by atoms with Gasteiger partial charge in [-0.05, 0) is 56.8 Å². The Bertz CT molecular complexity index is 1560. The maximum Gasteiger partial charge on any atom is 0.417 e. The van der Waals surface area contributed by atoms with E-state index in [0.717, 1.165) is 6.07 Å². The highest BCUT2D eigenvalue weighted by Gasteiger charge is 2.36. The maximum atomic E-state index is 15.9. The molecular weight excluding hydrogens is 573 g/mol. The number of anilines is 3. The lowest BCUT2D eigenvalue weighted by Gasteiger charge is -2.44. The molecule has 2 fully saturated rings. The van der Waals surface area contributed by atoms with Crippen LogP contribution in [0.15, 0.2) is 47.4 Å². The Balaban J connectivity index is 1.60. The Morgan fingerprint density at radius 3 is 2.30 bits per heavy atom. The molecule has 3 aromatic rings. The summed E-state index contributed by atoms with van der Waals surface area (Å²) >= 11 is 0. The van der Waals surface area contributed by atoms with Gasteiger partial charge in [-0.1, -0.05) is 0 Å². The highest BCUT2D eigenvalue weighted by atomic mass is 19.4. The molecule has 230 valence electrons. The van der Waals surface area contributed by atoms with Crippen LogP contribution in [0.2, 0.25) is 0 Å². The molecule has 0 saturated carbocycles. The number of nitrogens with one attached hydrogen (secondary N) is 2. The van der Waals surface area contributed by atoms with E-state index >= 15 is 4.39 Å². The van der Waals surface area contributed by atoms with Crippen molar-refractivity contribution in [3.63, 3.8) is 0 Å². The van der Waals surface area contributed by atoms with Crippen molar-refractivity contribution in [2.24, 2.45) is 0 Å². The van der Waals surface area contributed by atoms with Gasteiger partial charge in [-0.25, -0.2) is 8.78 Å². The molecule has 8 nitrogen and oxygen atoms in total. The number of pyridine rings is 1. The molecule has 2 unspecified atom stereocenters. The van der Waals surface area contributed by atoms with Gasteiger partial charge in [0.05, 0.1) is 35.7 Å². The Morgan fingerprint density at radius 1 is 0.977 bits per heavy atom. The number of ether oxygens (including phenoxy) is 1. The Labute approximate surface area is 245 Å². The van der Waals surface area contributed by atoms with Gasteiger partial charge in [0.15, 0.2) is 0 Å². The lowest BCUT2D eigenvalue weighted by molar-refractivity contribution is -0.138. The summed E-state index contributed by atoms with van der Waals surface area (Å²) in [6, 6.07) is 7.07. The molecule has 2 saturated heterocycles. The summed E-state index contributed by atoms with van der Waals surface area (Å²) in [5.74, 6) is -2.44. The van der Waals surface area contributed by atoms with Crippen molar-refractivity contribution in [1.29, 1.82) is 0 Å². The summed E-state index contributed by atoms with van der Waals surface area (Å²) in [5, 5.41) is 2.52. The number of aromatic nitrogens is 1. The predicted molar refractivity (Wildman–Crippen MR) is 154 cm³/mol. The summed E-state index contributed by atoms with van der Waals surface area (Å²) in [6.07, 6.45) is -4.27. The van der Waals surface area contributed by atoms with Crippen LogP contribution < -0.4 is 20.7 Å². The van der Waals surface area contributed by atoms with E-state index in [1.54, 1.807) is 6.07 Å². The first-order chi connectivity index (χ1) is 20.3. The number of halogens is 5. The minimum atomic E-state index is -4.97. The van der Waals surface area contributed by atoms with E-state index in [1.807, 2.05) is 30.7 Å². The minimum Gasteiger partial charge on any atom is -0.378 e. The zero-order valence-electron chi connectivity index (χ0n) is 23.9. The van der Waals surface area contributed by atoms with E-state index in [1.165, 1.54) is 18.2 Å². The summed E-state index contributed by atoms with van der Waals surface area (Å²) < 4.78 is 77.3. The molecule has 43 heavy (non-hydrogen) atoms. The molecule has 1 aromatic heterocycles. The summed E-state index contributed by atoms with van der Waals surface area (Å²) in [4.78, 5) is 33.0. The van der Waals surface area contributed by atoms with Crippen LogP contribution in [-0.4, -0.2) is 74.3 Å². The number of carbonyl (C=O) groups is 1. The van der Waals surface area contributed by atoms with Crippen molar-refractivity contribution >= 4 is 23.0 Å². The Kier molecular flexibility index (Phi) is 8.48. The van der Waals surface area contributed by atoms with E-state index in [2.05, 4.69) is 15.2 Å². The first-order valence-corrected chi connectivity index (χ1v) is 13.9. The van der Waals surface area contributed by atoms with Crippen molar-refractivity contribution in [1.82, 2.24) is 9.88 Å². The number of likely N-dealkylation sites (N-methyl/N-ethyl adjacent to an activating group) is 1. The number of morpholine rings is 1. The lowest BCUT2D eigenvalue weighted by atomic mass is 10.00. The first kappa shape index (κ1) is 30.5. The van der Waals surface area contributed by atoms with Crippen LogP contribution in [0.25, 0.3) is 11.1 Å². The highest BCUT2D eigenvalue weighted by Crippen LogP contribution is 2.38. The number of amides is 1. The number of H-pyrrole nitrogens is 1. The minimum absolute atomic E-state index is 0.0409. The summed E-state index contributed by atoms with van der Waals surface area (Å²) in [7, 11) is 1.96. The van der Waals surface area contributed by atoms with Gasteiger partial charge in [0.25, 0.3) is 5.91 Å². The van der Waals surface area contributed by atoms with Crippen LogP contribution in [0, 0.1) is 11.6 Å². The molecule has 2 aromatic carbocycles. The molecule has 13 heteroatoms. The van der Waals surface area contributed by atoms with Crippen molar-refractivity contribution in [3.05, 3.63) is 75.7 Å². The smallest absolute Gasteiger partial charge is 0.378 e. The van der Waals surface area contributed by atoms with E-state index in [0.29, 0.717) is 57.3 Å². The van der Waals surface area contributed by atoms with Crippen molar-refractivity contribution in [3.8, 4) is 11.1 Å². The molecule has 0 radical (unpaired) electrons. The molecule has 3 heterocycles. The number of alkyl halides is 3. The number of hydrogen-bond donors (Lipinski definition) is 2. The van der Waals surface area contributed by atoms with Gasteiger partial charge >= 0.3 is 6.18 Å². The SMILES string of the molecule is CC1CN(c2cc(F)c(-c3cc(F)cc(N4CCOCC4)c3)cc2NC(=O)c2c[nH]c(=O)cc2C(F)(F)F)CC(C)N1C. The van der Waals surface area contributed by atoms with Gasteiger partial charge in [-0.15, -0.1) is 0 Å². The van der Waals surface area contributed by atoms with Crippen LogP contribution in [-0.2, 0) is 10.9 Å². The highest BCUT2D eigenvalue weighted by molar-refractivity contribution is 6.07. The van der Waals surface area contributed by atoms with Crippen molar-refractivity contribution in [2.45, 2.75) is 32.1 Å². The molecule has 2 N–H and O–H groups in total. The van der Waals surface area contributed by atoms with Gasteiger partial charge in [0.2, 0.25) is 5.56 Å². The fraction of sp³-hybridized carbons (Fsp3) is 0.400. The normalized spacial score (nSPS) is 19.9. The van der Waals surface area contributed by atoms with E-state index < -0.39 is 40.4 Å². The second kappa shape index (κ2) is 12.0. The van der Waals surface area contributed by atoms with Crippen LogP contribution in [0.3, 0.4) is 0 Å². The third-order valence-corrected chi connectivity index (χ3v) is 8.08. The van der Waals surface area contributed by atoms with Gasteiger partial charge in [-0.3, -0.25) is 14.5 Å². The molecule has 5 rings (SSSR count). The average Bonchev–Trinajstić information content (AvgIpc) is 2.96. The molecule has 0 spiro atoms. The second-order valence-corrected chi connectivity index (χ2v) is 11.0. The van der Waals surface area contributed by atoms with Gasteiger partial charge in [0, 0.05) is 61.8 Å². The van der Waals surface area contributed by atoms with E-state index in [9.17, 15) is 27.2 Å². The maximum absolute atomic E-state index is 15.9. The number of aromatic amines is 1. The van der Waals surface area contributed by atoms with Gasteiger partial charge in [0.1, 0.15) is 11.6 Å². The van der Waals surface area contributed by atoms with E-state index in [-0.39, 0.29) is 34.6 Å². The average molecular weight is 606 g/mol. The second-order valence-electron chi connectivity index (χ2n) is 11.0. The van der Waals surface area contributed by atoms with Crippen LogP contribution >= 0.6 is 0 Å². The first-order valence-electron chi connectivity index (χ1n) is 13.9. The molecule has 2 aliphatic rings.